The van der Waals surface area contributed by atoms with Crippen LogP contribution in [0.4, 0.5) is 0 Å². The van der Waals surface area contributed by atoms with Crippen molar-refractivity contribution in [2.75, 3.05) is 6.61 Å². The molecule has 1 amide bonds. The summed E-state index contributed by atoms with van der Waals surface area (Å²) in [5, 5.41) is 0. The number of halogens is 1. The van der Waals surface area contributed by atoms with Crippen molar-refractivity contribution in [3.8, 4) is 5.75 Å². The third kappa shape index (κ3) is 3.22. The Kier molecular flexibility index (Phi) is 3.53. The Morgan fingerprint density at radius 3 is 2.85 bits per heavy atom. The maximum Gasteiger partial charge on any atom is 0.255 e. The summed E-state index contributed by atoms with van der Waals surface area (Å²) in [7, 11) is 0. The minimum Gasteiger partial charge on any atom is -0.483 e. The molecule has 0 radical (unpaired) electrons. The third-order valence-corrected chi connectivity index (χ3v) is 2.30. The molecule has 0 heterocycles. The number of rotatable bonds is 3. The lowest BCUT2D eigenvalue weighted by atomic mass is 10.2. The van der Waals surface area contributed by atoms with Gasteiger partial charge in [-0.05, 0) is 47.2 Å². The molecule has 0 aliphatic rings. The number of carbonyl (C=O) groups excluding carboxylic acids is 1. The molecule has 0 unspecified atom stereocenters. The Balaban J connectivity index is 2.72. The highest BCUT2D eigenvalue weighted by Crippen LogP contribution is 2.21. The Labute approximate surface area is 90.4 Å². The van der Waals surface area contributed by atoms with Crippen LogP contribution in [0.1, 0.15) is 5.56 Å². The molecule has 0 atom stereocenters. The second-order valence-corrected chi connectivity index (χ2v) is 3.85. The zero-order valence-electron chi connectivity index (χ0n) is 7.21. The molecular formula is C9H10INO2. The number of benzene rings is 1. The van der Waals surface area contributed by atoms with Crippen molar-refractivity contribution in [3.05, 3.63) is 27.3 Å². The van der Waals surface area contributed by atoms with Gasteiger partial charge in [0.1, 0.15) is 5.75 Å². The van der Waals surface area contributed by atoms with Gasteiger partial charge in [0.15, 0.2) is 6.61 Å². The Hall–Kier alpha value is -0.780. The molecule has 0 spiro atoms. The molecule has 2 N–H and O–H groups in total. The molecule has 0 saturated carbocycles. The topological polar surface area (TPSA) is 52.3 Å². The third-order valence-electron chi connectivity index (χ3n) is 1.46. The van der Waals surface area contributed by atoms with Gasteiger partial charge in [-0.3, -0.25) is 4.79 Å². The van der Waals surface area contributed by atoms with E-state index in [-0.39, 0.29) is 6.61 Å². The van der Waals surface area contributed by atoms with Gasteiger partial charge in [0.2, 0.25) is 0 Å². The molecule has 0 bridgehead atoms. The van der Waals surface area contributed by atoms with Gasteiger partial charge in [-0.25, -0.2) is 0 Å². The first-order valence-corrected chi connectivity index (χ1v) is 4.84. The SMILES string of the molecule is Cc1ccc(OCC(N)=O)c(I)c1. The number of amides is 1. The van der Waals surface area contributed by atoms with E-state index in [1.54, 1.807) is 0 Å². The van der Waals surface area contributed by atoms with Crippen molar-refractivity contribution in [2.45, 2.75) is 6.92 Å². The van der Waals surface area contributed by atoms with Gasteiger partial charge in [0, 0.05) is 0 Å². The van der Waals surface area contributed by atoms with Crippen LogP contribution in [-0.4, -0.2) is 12.5 Å². The molecule has 1 aromatic carbocycles. The number of aryl methyl sites for hydroxylation is 1. The van der Waals surface area contributed by atoms with E-state index < -0.39 is 5.91 Å². The van der Waals surface area contributed by atoms with Crippen LogP contribution in [0, 0.1) is 10.5 Å². The van der Waals surface area contributed by atoms with Gasteiger partial charge in [-0.2, -0.15) is 0 Å². The van der Waals surface area contributed by atoms with Crippen LogP contribution in [-0.2, 0) is 4.79 Å². The van der Waals surface area contributed by atoms with Gasteiger partial charge in [0.25, 0.3) is 5.91 Å². The normalized spacial score (nSPS) is 9.69. The number of ether oxygens (including phenoxy) is 1. The van der Waals surface area contributed by atoms with Gasteiger partial charge in [0.05, 0.1) is 3.57 Å². The molecule has 0 fully saturated rings. The molecule has 70 valence electrons. The predicted octanol–water partition coefficient (Wildman–Crippen LogP) is 1.46. The van der Waals surface area contributed by atoms with E-state index in [0.29, 0.717) is 5.75 Å². The van der Waals surface area contributed by atoms with E-state index in [0.717, 1.165) is 9.13 Å². The predicted molar refractivity (Wildman–Crippen MR) is 58.6 cm³/mol. The number of carbonyl (C=O) groups is 1. The molecular weight excluding hydrogens is 281 g/mol. The summed E-state index contributed by atoms with van der Waals surface area (Å²) < 4.78 is 6.16. The van der Waals surface area contributed by atoms with Crippen molar-refractivity contribution >= 4 is 28.5 Å². The molecule has 4 heteroatoms. The quantitative estimate of drug-likeness (QED) is 0.857. The highest BCUT2D eigenvalue weighted by molar-refractivity contribution is 14.1. The summed E-state index contributed by atoms with van der Waals surface area (Å²) in [6.45, 7) is 1.93. The Bertz CT molecular complexity index is 325. The summed E-state index contributed by atoms with van der Waals surface area (Å²) in [4.78, 5) is 10.4. The van der Waals surface area contributed by atoms with Crippen LogP contribution < -0.4 is 10.5 Å². The van der Waals surface area contributed by atoms with E-state index in [4.69, 9.17) is 10.5 Å². The van der Waals surface area contributed by atoms with Gasteiger partial charge >= 0.3 is 0 Å². The largest absolute Gasteiger partial charge is 0.483 e. The van der Waals surface area contributed by atoms with Crippen molar-refractivity contribution in [1.29, 1.82) is 0 Å². The Morgan fingerprint density at radius 2 is 2.31 bits per heavy atom. The first-order valence-electron chi connectivity index (χ1n) is 3.77. The maximum atomic E-state index is 10.4. The molecule has 0 aliphatic heterocycles. The summed E-state index contributed by atoms with van der Waals surface area (Å²) in [5.74, 6) is 0.237. The van der Waals surface area contributed by atoms with Gasteiger partial charge in [-0.15, -0.1) is 0 Å². The summed E-state index contributed by atoms with van der Waals surface area (Å²) in [6, 6.07) is 5.75. The standard InChI is InChI=1S/C9H10INO2/c1-6-2-3-8(7(10)4-6)13-5-9(11)12/h2-4H,5H2,1H3,(H2,11,12). The van der Waals surface area contributed by atoms with Crippen molar-refractivity contribution in [1.82, 2.24) is 0 Å². The molecule has 3 nitrogen and oxygen atoms in total. The average Bonchev–Trinajstić information content (AvgIpc) is 2.02. The van der Waals surface area contributed by atoms with Crippen LogP contribution in [0.15, 0.2) is 18.2 Å². The second kappa shape index (κ2) is 4.45. The van der Waals surface area contributed by atoms with Crippen molar-refractivity contribution in [2.24, 2.45) is 5.73 Å². The van der Waals surface area contributed by atoms with Crippen LogP contribution in [0.3, 0.4) is 0 Å². The monoisotopic (exact) mass is 291 g/mol. The summed E-state index contributed by atoms with van der Waals surface area (Å²) in [6.07, 6.45) is 0. The number of hydrogen-bond donors (Lipinski definition) is 1. The fourth-order valence-corrected chi connectivity index (χ4v) is 1.70. The lowest BCUT2D eigenvalue weighted by Crippen LogP contribution is -2.20. The zero-order chi connectivity index (χ0) is 9.84. The average molecular weight is 291 g/mol. The van der Waals surface area contributed by atoms with E-state index in [9.17, 15) is 4.79 Å². The first kappa shape index (κ1) is 10.3. The minimum absolute atomic E-state index is 0.0704. The van der Waals surface area contributed by atoms with Crippen LogP contribution >= 0.6 is 22.6 Å². The van der Waals surface area contributed by atoms with E-state index in [2.05, 4.69) is 22.6 Å². The molecule has 1 aromatic rings. The molecule has 0 saturated heterocycles. The Morgan fingerprint density at radius 1 is 1.62 bits per heavy atom. The van der Waals surface area contributed by atoms with Gasteiger partial charge < -0.3 is 10.5 Å². The van der Waals surface area contributed by atoms with E-state index in [1.807, 2.05) is 25.1 Å². The molecule has 0 aromatic heterocycles. The summed E-state index contributed by atoms with van der Waals surface area (Å²) >= 11 is 2.16. The zero-order valence-corrected chi connectivity index (χ0v) is 9.37. The highest BCUT2D eigenvalue weighted by Gasteiger charge is 2.02. The van der Waals surface area contributed by atoms with Crippen molar-refractivity contribution < 1.29 is 9.53 Å². The summed E-state index contributed by atoms with van der Waals surface area (Å²) in [5.41, 5.74) is 6.12. The van der Waals surface area contributed by atoms with Crippen molar-refractivity contribution in [3.63, 3.8) is 0 Å². The second-order valence-electron chi connectivity index (χ2n) is 2.69. The highest BCUT2D eigenvalue weighted by atomic mass is 127. The molecule has 0 aliphatic carbocycles. The fourth-order valence-electron chi connectivity index (χ4n) is 0.872. The molecule has 13 heavy (non-hydrogen) atoms. The number of nitrogens with two attached hydrogens (primary N) is 1. The van der Waals surface area contributed by atoms with Crippen LogP contribution in [0.25, 0.3) is 0 Å². The fraction of sp³-hybridized carbons (Fsp3) is 0.222. The lowest BCUT2D eigenvalue weighted by Gasteiger charge is -2.06. The van der Waals surface area contributed by atoms with E-state index in [1.165, 1.54) is 0 Å². The minimum atomic E-state index is -0.462. The van der Waals surface area contributed by atoms with E-state index >= 15 is 0 Å². The van der Waals surface area contributed by atoms with Crippen LogP contribution in [0.2, 0.25) is 0 Å². The first-order chi connectivity index (χ1) is 6.09. The number of hydrogen-bond acceptors (Lipinski definition) is 2. The lowest BCUT2D eigenvalue weighted by molar-refractivity contribution is -0.119. The smallest absolute Gasteiger partial charge is 0.255 e. The maximum absolute atomic E-state index is 10.4. The molecule has 1 rings (SSSR count). The van der Waals surface area contributed by atoms with Crippen LogP contribution in [0.5, 0.6) is 5.75 Å². The number of primary amides is 1. The van der Waals surface area contributed by atoms with Gasteiger partial charge in [-0.1, -0.05) is 6.07 Å².